The van der Waals surface area contributed by atoms with Gasteiger partial charge >= 0.3 is 0 Å². The third-order valence-corrected chi connectivity index (χ3v) is 4.13. The van der Waals surface area contributed by atoms with E-state index in [0.717, 1.165) is 22.8 Å². The molecule has 0 aliphatic rings. The molecule has 2 rings (SSSR count). The predicted molar refractivity (Wildman–Crippen MR) is 65.1 cm³/mol. The molecule has 0 aliphatic carbocycles. The molecular weight excluding hydrogens is 226 g/mol. The van der Waals surface area contributed by atoms with Gasteiger partial charge in [0.15, 0.2) is 0 Å². The van der Waals surface area contributed by atoms with E-state index in [1.807, 2.05) is 23.2 Å². The molecule has 0 aromatic carbocycles. The zero-order valence-electron chi connectivity index (χ0n) is 8.73. The molecule has 0 saturated carbocycles. The predicted octanol–water partition coefficient (Wildman–Crippen LogP) is 2.85. The molecule has 0 saturated heterocycles. The number of nitrogens with two attached hydrogens (primary N) is 1. The van der Waals surface area contributed by atoms with Gasteiger partial charge in [0.25, 0.3) is 0 Å². The molecule has 3 nitrogen and oxygen atoms in total. The van der Waals surface area contributed by atoms with E-state index in [0.29, 0.717) is 0 Å². The number of nitrogens with zero attached hydrogens (tertiary/aromatic N) is 2. The highest BCUT2D eigenvalue weighted by molar-refractivity contribution is 7.10. The summed E-state index contributed by atoms with van der Waals surface area (Å²) in [7, 11) is 0. The number of hydrogen-bond acceptors (Lipinski definition) is 5. The molecule has 80 valence electrons. The summed E-state index contributed by atoms with van der Waals surface area (Å²) in [5.41, 5.74) is 9.50. The molecule has 0 amide bonds. The first-order chi connectivity index (χ1) is 7.13. The average Bonchev–Trinajstić information content (AvgIpc) is 2.88. The van der Waals surface area contributed by atoms with E-state index >= 15 is 0 Å². The summed E-state index contributed by atoms with van der Waals surface area (Å²) in [5, 5.41) is 5.00. The largest absolute Gasteiger partial charge is 0.320 e. The van der Waals surface area contributed by atoms with Crippen LogP contribution in [0.1, 0.15) is 25.3 Å². The Kier molecular flexibility index (Phi) is 2.86. The van der Waals surface area contributed by atoms with Crippen molar-refractivity contribution < 1.29 is 0 Å². The van der Waals surface area contributed by atoms with Crippen molar-refractivity contribution in [1.29, 1.82) is 0 Å². The van der Waals surface area contributed by atoms with Gasteiger partial charge in [-0.05, 0) is 13.3 Å². The standard InChI is InChI=1S/C10H13N3S2/c1-3-10(2,11)9-13-8(5-15-9)7-4-14-6-12-7/h4-6H,3,11H2,1-2H3. The molecule has 0 aliphatic heterocycles. The van der Waals surface area contributed by atoms with Crippen LogP contribution in [-0.4, -0.2) is 9.97 Å². The lowest BCUT2D eigenvalue weighted by Gasteiger charge is -2.18. The van der Waals surface area contributed by atoms with Crippen molar-refractivity contribution in [2.45, 2.75) is 25.8 Å². The van der Waals surface area contributed by atoms with Crippen molar-refractivity contribution in [2.24, 2.45) is 5.73 Å². The zero-order valence-corrected chi connectivity index (χ0v) is 10.4. The van der Waals surface area contributed by atoms with Gasteiger partial charge in [-0.3, -0.25) is 0 Å². The maximum atomic E-state index is 6.13. The minimum Gasteiger partial charge on any atom is -0.320 e. The lowest BCUT2D eigenvalue weighted by atomic mass is 10.0. The highest BCUT2D eigenvalue weighted by atomic mass is 32.1. The van der Waals surface area contributed by atoms with Gasteiger partial charge in [0.2, 0.25) is 0 Å². The molecule has 1 unspecified atom stereocenters. The third kappa shape index (κ3) is 2.09. The van der Waals surface area contributed by atoms with Crippen LogP contribution in [0, 0.1) is 0 Å². The second-order valence-corrected chi connectivity index (χ2v) is 5.26. The van der Waals surface area contributed by atoms with Gasteiger partial charge in [0, 0.05) is 10.8 Å². The fourth-order valence-corrected chi connectivity index (χ4v) is 2.65. The van der Waals surface area contributed by atoms with E-state index in [2.05, 4.69) is 16.9 Å². The molecular formula is C10H13N3S2. The van der Waals surface area contributed by atoms with Gasteiger partial charge < -0.3 is 5.73 Å². The maximum Gasteiger partial charge on any atom is 0.113 e. The van der Waals surface area contributed by atoms with Crippen molar-refractivity contribution >= 4 is 22.7 Å². The van der Waals surface area contributed by atoms with Crippen LogP contribution < -0.4 is 5.73 Å². The van der Waals surface area contributed by atoms with Crippen LogP contribution in [0.25, 0.3) is 11.4 Å². The van der Waals surface area contributed by atoms with Crippen molar-refractivity contribution in [3.8, 4) is 11.4 Å². The summed E-state index contributed by atoms with van der Waals surface area (Å²) in [5.74, 6) is 0. The monoisotopic (exact) mass is 239 g/mol. The van der Waals surface area contributed by atoms with Crippen LogP contribution in [0.15, 0.2) is 16.3 Å². The Hall–Kier alpha value is -0.780. The van der Waals surface area contributed by atoms with Gasteiger partial charge in [-0.15, -0.1) is 22.7 Å². The Morgan fingerprint density at radius 1 is 1.40 bits per heavy atom. The lowest BCUT2D eigenvalue weighted by Crippen LogP contribution is -2.31. The number of rotatable bonds is 3. The number of thiazole rings is 2. The molecule has 0 fully saturated rings. The van der Waals surface area contributed by atoms with E-state index in [1.165, 1.54) is 0 Å². The third-order valence-electron chi connectivity index (χ3n) is 2.42. The Morgan fingerprint density at radius 2 is 2.20 bits per heavy atom. The highest BCUT2D eigenvalue weighted by Gasteiger charge is 2.22. The van der Waals surface area contributed by atoms with E-state index in [-0.39, 0.29) is 5.54 Å². The summed E-state index contributed by atoms with van der Waals surface area (Å²) in [6.07, 6.45) is 0.886. The number of hydrogen-bond donors (Lipinski definition) is 1. The van der Waals surface area contributed by atoms with Crippen LogP contribution in [0.3, 0.4) is 0 Å². The van der Waals surface area contributed by atoms with Crippen molar-refractivity contribution in [2.75, 3.05) is 0 Å². The Balaban J connectivity index is 2.33. The van der Waals surface area contributed by atoms with Gasteiger partial charge in [-0.2, -0.15) is 0 Å². The van der Waals surface area contributed by atoms with Gasteiger partial charge in [-0.25, -0.2) is 9.97 Å². The van der Waals surface area contributed by atoms with Crippen LogP contribution in [0.4, 0.5) is 0 Å². The van der Waals surface area contributed by atoms with E-state index in [4.69, 9.17) is 5.73 Å². The molecule has 2 heterocycles. The first kappa shape index (κ1) is 10.7. The molecule has 0 bridgehead atoms. The lowest BCUT2D eigenvalue weighted by molar-refractivity contribution is 0.474. The van der Waals surface area contributed by atoms with Gasteiger partial charge in [0.1, 0.15) is 16.4 Å². The molecule has 0 spiro atoms. The quantitative estimate of drug-likeness (QED) is 0.896. The molecule has 2 N–H and O–H groups in total. The average molecular weight is 239 g/mol. The first-order valence-electron chi connectivity index (χ1n) is 4.77. The molecule has 2 aromatic rings. The molecule has 15 heavy (non-hydrogen) atoms. The minimum atomic E-state index is -0.320. The molecule has 0 radical (unpaired) electrons. The SMILES string of the molecule is CCC(C)(N)c1nc(-c2cscn2)cs1. The fourth-order valence-electron chi connectivity index (χ4n) is 1.14. The maximum absolute atomic E-state index is 6.13. The second kappa shape index (κ2) is 4.00. The Morgan fingerprint density at radius 3 is 2.80 bits per heavy atom. The van der Waals surface area contributed by atoms with Crippen LogP contribution in [0.2, 0.25) is 0 Å². The van der Waals surface area contributed by atoms with Crippen LogP contribution >= 0.6 is 22.7 Å². The second-order valence-electron chi connectivity index (χ2n) is 3.68. The van der Waals surface area contributed by atoms with E-state index in [9.17, 15) is 0 Å². The summed E-state index contributed by atoms with van der Waals surface area (Å²) < 4.78 is 0. The fraction of sp³-hybridized carbons (Fsp3) is 0.400. The molecule has 5 heteroatoms. The Bertz CT molecular complexity index is 431. The summed E-state index contributed by atoms with van der Waals surface area (Å²) in [4.78, 5) is 8.76. The first-order valence-corrected chi connectivity index (χ1v) is 6.59. The van der Waals surface area contributed by atoms with Crippen molar-refractivity contribution in [1.82, 2.24) is 9.97 Å². The Labute approximate surface area is 97.0 Å². The van der Waals surface area contributed by atoms with Crippen LogP contribution in [-0.2, 0) is 5.54 Å². The van der Waals surface area contributed by atoms with Gasteiger partial charge in [0.05, 0.1) is 11.0 Å². The highest BCUT2D eigenvalue weighted by Crippen LogP contribution is 2.28. The molecule has 1 atom stereocenters. The summed E-state index contributed by atoms with van der Waals surface area (Å²) in [6.45, 7) is 4.08. The van der Waals surface area contributed by atoms with E-state index < -0.39 is 0 Å². The van der Waals surface area contributed by atoms with E-state index in [1.54, 1.807) is 22.7 Å². The van der Waals surface area contributed by atoms with Gasteiger partial charge in [-0.1, -0.05) is 6.92 Å². The zero-order chi connectivity index (χ0) is 10.9. The van der Waals surface area contributed by atoms with Crippen LogP contribution in [0.5, 0.6) is 0 Å². The minimum absolute atomic E-state index is 0.320. The smallest absolute Gasteiger partial charge is 0.113 e. The summed E-state index contributed by atoms with van der Waals surface area (Å²) in [6, 6.07) is 0. The normalized spacial score (nSPS) is 15.1. The topological polar surface area (TPSA) is 51.8 Å². The number of aromatic nitrogens is 2. The van der Waals surface area contributed by atoms with Crippen molar-refractivity contribution in [3.63, 3.8) is 0 Å². The van der Waals surface area contributed by atoms with Crippen molar-refractivity contribution in [3.05, 3.63) is 21.3 Å². The summed E-state index contributed by atoms with van der Waals surface area (Å²) >= 11 is 3.19. The molecule has 2 aromatic heterocycles.